The highest BCUT2D eigenvalue weighted by Gasteiger charge is 2.37. The molecular weight excluding hydrogens is 378 g/mol. The molecule has 2 fully saturated rings. The van der Waals surface area contributed by atoms with Crippen LogP contribution in [0, 0.1) is 17.3 Å². The number of hydrogen-bond donors (Lipinski definition) is 4. The largest absolute Gasteiger partial charge is 0.340 e. The summed E-state index contributed by atoms with van der Waals surface area (Å²) in [5, 5.41) is 14.4. The summed E-state index contributed by atoms with van der Waals surface area (Å²) in [6.07, 6.45) is 6.05. The van der Waals surface area contributed by atoms with E-state index in [9.17, 15) is 9.59 Å². The average Bonchev–Trinajstić information content (AvgIpc) is 3.05. The Balaban J connectivity index is 1.31. The molecule has 0 radical (unpaired) electrons. The van der Waals surface area contributed by atoms with E-state index in [2.05, 4.69) is 22.5 Å². The molecule has 0 bridgehead atoms. The zero-order chi connectivity index (χ0) is 21.1. The Kier molecular flexibility index (Phi) is 6.16. The molecule has 2 heterocycles. The van der Waals surface area contributed by atoms with Gasteiger partial charge in [-0.2, -0.15) is 0 Å². The van der Waals surface area contributed by atoms with Crippen LogP contribution in [0.15, 0.2) is 18.2 Å². The van der Waals surface area contributed by atoms with Crippen molar-refractivity contribution in [3.63, 3.8) is 0 Å². The molecule has 7 heteroatoms. The first-order valence-electron chi connectivity index (χ1n) is 10.8. The van der Waals surface area contributed by atoms with E-state index in [1.54, 1.807) is 4.90 Å². The summed E-state index contributed by atoms with van der Waals surface area (Å²) in [4.78, 5) is 25.4. The molecule has 4 rings (SSSR count). The summed E-state index contributed by atoms with van der Waals surface area (Å²) in [5.41, 5.74) is 8.72. The minimum Gasteiger partial charge on any atom is -0.340 e. The predicted octanol–water partition coefficient (Wildman–Crippen LogP) is 1.23. The van der Waals surface area contributed by atoms with Crippen LogP contribution in [0.5, 0.6) is 0 Å². The van der Waals surface area contributed by atoms with E-state index in [1.807, 2.05) is 18.2 Å². The van der Waals surface area contributed by atoms with Crippen molar-refractivity contribution >= 4 is 17.6 Å². The maximum atomic E-state index is 12.2. The van der Waals surface area contributed by atoms with Gasteiger partial charge < -0.3 is 16.0 Å². The fourth-order valence-corrected chi connectivity index (χ4v) is 4.52. The van der Waals surface area contributed by atoms with Crippen LogP contribution in [0.2, 0.25) is 0 Å². The number of amidine groups is 1. The van der Waals surface area contributed by atoms with Crippen molar-refractivity contribution < 1.29 is 9.59 Å². The number of piperidine rings is 1. The van der Waals surface area contributed by atoms with Crippen LogP contribution in [0.1, 0.15) is 61.6 Å². The van der Waals surface area contributed by atoms with Crippen LogP contribution < -0.4 is 16.4 Å². The molecule has 30 heavy (non-hydrogen) atoms. The van der Waals surface area contributed by atoms with Gasteiger partial charge in [0.15, 0.2) is 0 Å². The predicted molar refractivity (Wildman–Crippen MR) is 115 cm³/mol. The number of rotatable bonds is 4. The number of benzene rings is 1. The quantitative estimate of drug-likeness (QED) is 0.341. The molecule has 1 aromatic rings. The number of nitrogens with zero attached hydrogens (tertiary/aromatic N) is 1. The van der Waals surface area contributed by atoms with Crippen molar-refractivity contribution in [2.75, 3.05) is 6.54 Å². The van der Waals surface area contributed by atoms with Crippen molar-refractivity contribution in [1.29, 1.82) is 5.41 Å². The van der Waals surface area contributed by atoms with Gasteiger partial charge in [-0.3, -0.25) is 20.3 Å². The molecule has 1 saturated heterocycles. The first kappa shape index (κ1) is 20.6. The zero-order valence-electron chi connectivity index (χ0n) is 17.2. The van der Waals surface area contributed by atoms with E-state index in [-0.39, 0.29) is 11.8 Å². The highest BCUT2D eigenvalue weighted by molar-refractivity contribution is 6.06. The molecule has 1 aliphatic carbocycles. The Morgan fingerprint density at radius 2 is 2.00 bits per heavy atom. The topological polar surface area (TPSA) is 111 Å². The Hall–Kier alpha value is -2.69. The van der Waals surface area contributed by atoms with Gasteiger partial charge in [0.1, 0.15) is 11.9 Å². The third-order valence-electron chi connectivity index (χ3n) is 6.26. The second kappa shape index (κ2) is 8.99. The summed E-state index contributed by atoms with van der Waals surface area (Å²) >= 11 is 0. The molecule has 5 N–H and O–H groups in total. The maximum absolute atomic E-state index is 12.2. The van der Waals surface area contributed by atoms with E-state index in [0.29, 0.717) is 37.3 Å². The average molecular weight is 408 g/mol. The lowest BCUT2D eigenvalue weighted by Crippen LogP contribution is -2.52. The number of hydrogen-bond acceptors (Lipinski definition) is 5. The van der Waals surface area contributed by atoms with Crippen molar-refractivity contribution in [2.45, 2.75) is 69.6 Å². The number of amides is 2. The minimum absolute atomic E-state index is 0.237. The van der Waals surface area contributed by atoms with E-state index in [1.165, 1.54) is 0 Å². The molecule has 1 saturated carbocycles. The van der Waals surface area contributed by atoms with Crippen LogP contribution in [-0.2, 0) is 16.1 Å². The van der Waals surface area contributed by atoms with Gasteiger partial charge in [-0.05, 0) is 55.9 Å². The number of fused-ring (bicyclic) bond motifs is 1. The van der Waals surface area contributed by atoms with Crippen molar-refractivity contribution in [2.24, 2.45) is 5.73 Å². The SMILES string of the molecule is N=C1c2ccc(C#CCCNC3CCC(N)CC3)cc2CN1C1CCC(=O)NC1=O. The number of carbonyl (C=O) groups is 2. The monoisotopic (exact) mass is 407 g/mol. The standard InChI is InChI=1S/C23H29N5O2/c24-17-5-7-18(8-6-17)26-12-2-1-3-15-4-9-19-16(13-15)14-28(22(19)25)20-10-11-21(29)27-23(20)30/h4,9,13,17-18,20,25-26H,2,5-8,10-12,14,24H2,(H,27,29,30). The van der Waals surface area contributed by atoms with Crippen LogP contribution in [0.25, 0.3) is 0 Å². The molecule has 2 aliphatic heterocycles. The first-order chi connectivity index (χ1) is 14.5. The fourth-order valence-electron chi connectivity index (χ4n) is 4.52. The second-order valence-electron chi connectivity index (χ2n) is 8.43. The third-order valence-corrected chi connectivity index (χ3v) is 6.26. The molecule has 0 spiro atoms. The Labute approximate surface area is 177 Å². The van der Waals surface area contributed by atoms with Gasteiger partial charge in [0.05, 0.1) is 0 Å². The smallest absolute Gasteiger partial charge is 0.249 e. The van der Waals surface area contributed by atoms with E-state index < -0.39 is 6.04 Å². The summed E-state index contributed by atoms with van der Waals surface area (Å²) in [7, 11) is 0. The number of nitrogens with one attached hydrogen (secondary N) is 3. The van der Waals surface area contributed by atoms with Crippen LogP contribution in [0.4, 0.5) is 0 Å². The number of nitrogens with two attached hydrogens (primary N) is 1. The van der Waals surface area contributed by atoms with Gasteiger partial charge in [-0.1, -0.05) is 11.8 Å². The van der Waals surface area contributed by atoms with Crippen LogP contribution >= 0.6 is 0 Å². The molecule has 3 aliphatic rings. The Morgan fingerprint density at radius 3 is 2.77 bits per heavy atom. The molecule has 7 nitrogen and oxygen atoms in total. The van der Waals surface area contributed by atoms with Gasteiger partial charge >= 0.3 is 0 Å². The lowest BCUT2D eigenvalue weighted by atomic mass is 9.92. The van der Waals surface area contributed by atoms with E-state index >= 15 is 0 Å². The van der Waals surface area contributed by atoms with Crippen LogP contribution in [-0.4, -0.2) is 47.2 Å². The lowest BCUT2D eigenvalue weighted by Gasteiger charge is -2.30. The van der Waals surface area contributed by atoms with Crippen LogP contribution in [0.3, 0.4) is 0 Å². The highest BCUT2D eigenvalue weighted by atomic mass is 16.2. The molecule has 0 aromatic heterocycles. The van der Waals surface area contributed by atoms with E-state index in [0.717, 1.165) is 55.3 Å². The summed E-state index contributed by atoms with van der Waals surface area (Å²) in [6.45, 7) is 1.38. The maximum Gasteiger partial charge on any atom is 0.249 e. The molecule has 1 unspecified atom stereocenters. The van der Waals surface area contributed by atoms with Crippen molar-refractivity contribution in [3.05, 3.63) is 34.9 Å². The van der Waals surface area contributed by atoms with Crippen molar-refractivity contribution in [1.82, 2.24) is 15.5 Å². The molecular formula is C23H29N5O2. The Bertz CT molecular complexity index is 908. The molecule has 158 valence electrons. The lowest BCUT2D eigenvalue weighted by molar-refractivity contribution is -0.136. The summed E-state index contributed by atoms with van der Waals surface area (Å²) in [5.74, 6) is 6.25. The molecule has 1 atom stereocenters. The van der Waals surface area contributed by atoms with Gasteiger partial charge in [0, 0.05) is 49.1 Å². The molecule has 2 amide bonds. The van der Waals surface area contributed by atoms with Gasteiger partial charge in [-0.25, -0.2) is 0 Å². The Morgan fingerprint density at radius 1 is 1.20 bits per heavy atom. The summed E-state index contributed by atoms with van der Waals surface area (Å²) in [6, 6.07) is 6.34. The number of carbonyl (C=O) groups excluding carboxylic acids is 2. The second-order valence-corrected chi connectivity index (χ2v) is 8.43. The van der Waals surface area contributed by atoms with Crippen molar-refractivity contribution in [3.8, 4) is 11.8 Å². The summed E-state index contributed by atoms with van der Waals surface area (Å²) < 4.78 is 0. The zero-order valence-corrected chi connectivity index (χ0v) is 17.2. The number of imide groups is 1. The van der Waals surface area contributed by atoms with E-state index in [4.69, 9.17) is 11.1 Å². The van der Waals surface area contributed by atoms with Gasteiger partial charge in [-0.15, -0.1) is 0 Å². The normalized spacial score (nSPS) is 26.1. The highest BCUT2D eigenvalue weighted by Crippen LogP contribution is 2.28. The first-order valence-corrected chi connectivity index (χ1v) is 10.8. The van der Waals surface area contributed by atoms with Gasteiger partial charge in [0.25, 0.3) is 0 Å². The minimum atomic E-state index is -0.461. The van der Waals surface area contributed by atoms with Gasteiger partial charge in [0.2, 0.25) is 11.8 Å². The molecule has 1 aromatic carbocycles. The fraction of sp³-hybridized carbons (Fsp3) is 0.522. The third kappa shape index (κ3) is 4.55.